The lowest BCUT2D eigenvalue weighted by molar-refractivity contribution is 0.483. The standard InChI is InChI=1S/C22H17ClF2N6S/c1-10-8-31(5-4-28-10)22-12-6-14(23)17(18(25)19(12)29-9-30-22)11-2-3-15(24)20-16(11)13(7-26)21(27)32-20/h2-3,6,9-10,28H,4-5,8,27H2,1H3/t10-/m0/s1. The van der Waals surface area contributed by atoms with Crippen LogP contribution in [0.1, 0.15) is 12.5 Å². The van der Waals surface area contributed by atoms with E-state index in [9.17, 15) is 9.65 Å². The van der Waals surface area contributed by atoms with Crippen molar-refractivity contribution in [3.63, 3.8) is 0 Å². The number of anilines is 2. The third-order valence-electron chi connectivity index (χ3n) is 5.67. The lowest BCUT2D eigenvalue weighted by Gasteiger charge is -2.33. The summed E-state index contributed by atoms with van der Waals surface area (Å²) in [7, 11) is 0. The Morgan fingerprint density at radius 1 is 1.34 bits per heavy atom. The first-order valence-corrected chi connectivity index (χ1v) is 11.1. The molecule has 0 saturated carbocycles. The highest BCUT2D eigenvalue weighted by molar-refractivity contribution is 7.23. The van der Waals surface area contributed by atoms with E-state index in [2.05, 4.69) is 27.1 Å². The Balaban J connectivity index is 1.78. The maximum absolute atomic E-state index is 15.9. The molecule has 2 aromatic heterocycles. The molecule has 4 aromatic rings. The predicted molar refractivity (Wildman–Crippen MR) is 124 cm³/mol. The monoisotopic (exact) mass is 470 g/mol. The molecule has 0 unspecified atom stereocenters. The first-order valence-electron chi connectivity index (χ1n) is 9.92. The van der Waals surface area contributed by atoms with Gasteiger partial charge < -0.3 is 16.0 Å². The second-order valence-electron chi connectivity index (χ2n) is 7.69. The molecule has 0 radical (unpaired) electrons. The van der Waals surface area contributed by atoms with Crippen LogP contribution in [0.5, 0.6) is 0 Å². The summed E-state index contributed by atoms with van der Waals surface area (Å²) < 4.78 is 30.5. The zero-order valence-electron chi connectivity index (χ0n) is 16.9. The number of benzene rings is 2. The van der Waals surface area contributed by atoms with Crippen molar-refractivity contribution in [2.75, 3.05) is 30.3 Å². The van der Waals surface area contributed by atoms with E-state index in [4.69, 9.17) is 17.3 Å². The van der Waals surface area contributed by atoms with Crippen molar-refractivity contribution < 1.29 is 8.78 Å². The van der Waals surface area contributed by atoms with Crippen molar-refractivity contribution in [1.82, 2.24) is 15.3 Å². The van der Waals surface area contributed by atoms with Crippen molar-refractivity contribution in [2.45, 2.75) is 13.0 Å². The quantitative estimate of drug-likeness (QED) is 0.441. The van der Waals surface area contributed by atoms with Crippen molar-refractivity contribution >= 4 is 54.7 Å². The number of hydrogen-bond acceptors (Lipinski definition) is 7. The predicted octanol–water partition coefficient (Wildman–Crippen LogP) is 4.70. The highest BCUT2D eigenvalue weighted by atomic mass is 35.5. The molecule has 6 nitrogen and oxygen atoms in total. The number of nitrogens with one attached hydrogen (secondary N) is 1. The number of nitrogen functional groups attached to an aromatic ring is 1. The Morgan fingerprint density at radius 3 is 2.91 bits per heavy atom. The molecule has 0 aliphatic carbocycles. The molecule has 162 valence electrons. The largest absolute Gasteiger partial charge is 0.389 e. The van der Waals surface area contributed by atoms with Gasteiger partial charge in [0.05, 0.1) is 15.3 Å². The summed E-state index contributed by atoms with van der Waals surface area (Å²) in [6.45, 7) is 4.28. The van der Waals surface area contributed by atoms with E-state index in [1.54, 1.807) is 6.07 Å². The maximum atomic E-state index is 15.9. The average Bonchev–Trinajstić information content (AvgIpc) is 3.12. The normalized spacial score (nSPS) is 16.6. The van der Waals surface area contributed by atoms with E-state index in [-0.39, 0.29) is 42.8 Å². The van der Waals surface area contributed by atoms with Crippen molar-refractivity contribution in [3.05, 3.63) is 46.7 Å². The number of nitrogens with two attached hydrogens (primary N) is 1. The lowest BCUT2D eigenvalue weighted by Crippen LogP contribution is -2.49. The van der Waals surface area contributed by atoms with Crippen LogP contribution in [-0.4, -0.2) is 35.6 Å². The molecule has 1 fully saturated rings. The van der Waals surface area contributed by atoms with Crippen LogP contribution in [-0.2, 0) is 0 Å². The molecule has 0 bridgehead atoms. The molecule has 3 N–H and O–H groups in total. The number of halogens is 3. The number of aromatic nitrogens is 2. The Hall–Kier alpha value is -3.06. The minimum Gasteiger partial charge on any atom is -0.389 e. The molecule has 5 rings (SSSR count). The van der Waals surface area contributed by atoms with Crippen LogP contribution in [0.4, 0.5) is 19.6 Å². The van der Waals surface area contributed by atoms with Gasteiger partial charge in [0.25, 0.3) is 0 Å². The molecule has 2 aromatic carbocycles. The number of hydrogen-bond donors (Lipinski definition) is 2. The van der Waals surface area contributed by atoms with Gasteiger partial charge in [0.1, 0.15) is 34.5 Å². The second-order valence-corrected chi connectivity index (χ2v) is 9.15. The number of rotatable bonds is 2. The summed E-state index contributed by atoms with van der Waals surface area (Å²) in [6.07, 6.45) is 1.33. The van der Waals surface area contributed by atoms with E-state index in [0.29, 0.717) is 23.3 Å². The van der Waals surface area contributed by atoms with Crippen molar-refractivity contribution in [3.8, 4) is 17.2 Å². The first kappa shape index (κ1) is 20.8. The zero-order chi connectivity index (χ0) is 22.6. The Morgan fingerprint density at radius 2 is 2.16 bits per heavy atom. The van der Waals surface area contributed by atoms with Crippen LogP contribution in [0.25, 0.3) is 32.1 Å². The van der Waals surface area contributed by atoms with Crippen LogP contribution in [0.15, 0.2) is 24.5 Å². The van der Waals surface area contributed by atoms with Crippen LogP contribution >= 0.6 is 22.9 Å². The molecule has 1 aliphatic heterocycles. The van der Waals surface area contributed by atoms with E-state index in [1.165, 1.54) is 18.5 Å². The lowest BCUT2D eigenvalue weighted by atomic mass is 9.97. The summed E-state index contributed by atoms with van der Waals surface area (Å²) >= 11 is 7.55. The fraction of sp³-hybridized carbons (Fsp3) is 0.227. The number of nitrogens with zero attached hydrogens (tertiary/aromatic N) is 4. The number of piperazine rings is 1. The summed E-state index contributed by atoms with van der Waals surface area (Å²) in [5, 5.41) is 14.0. The Bertz CT molecular complexity index is 1430. The molecule has 10 heteroatoms. The fourth-order valence-electron chi connectivity index (χ4n) is 4.25. The van der Waals surface area contributed by atoms with E-state index in [0.717, 1.165) is 24.4 Å². The molecule has 32 heavy (non-hydrogen) atoms. The molecule has 1 saturated heterocycles. The molecule has 3 heterocycles. The summed E-state index contributed by atoms with van der Waals surface area (Å²) in [5.41, 5.74) is 6.50. The minimum atomic E-state index is -0.652. The summed E-state index contributed by atoms with van der Waals surface area (Å²) in [6, 6.07) is 6.54. The number of nitriles is 1. The summed E-state index contributed by atoms with van der Waals surface area (Å²) in [4.78, 5) is 10.6. The van der Waals surface area contributed by atoms with Crippen LogP contribution in [0, 0.1) is 23.0 Å². The Kier molecular flexibility index (Phi) is 5.08. The van der Waals surface area contributed by atoms with E-state index in [1.807, 2.05) is 6.07 Å². The number of thiophene rings is 1. The van der Waals surface area contributed by atoms with Crippen molar-refractivity contribution in [1.29, 1.82) is 5.26 Å². The highest BCUT2D eigenvalue weighted by Crippen LogP contribution is 2.45. The van der Waals surface area contributed by atoms with Gasteiger partial charge in [-0.1, -0.05) is 17.7 Å². The third kappa shape index (κ3) is 3.14. The molecule has 0 spiro atoms. The third-order valence-corrected chi connectivity index (χ3v) is 6.99. The van der Waals surface area contributed by atoms with E-state index >= 15 is 4.39 Å². The van der Waals surface area contributed by atoms with Crippen LogP contribution in [0.2, 0.25) is 5.02 Å². The summed E-state index contributed by atoms with van der Waals surface area (Å²) in [5.74, 6) is -0.574. The van der Waals surface area contributed by atoms with Gasteiger partial charge in [-0.3, -0.25) is 0 Å². The smallest absolute Gasteiger partial charge is 0.158 e. The SMILES string of the molecule is C[C@H]1CN(c2ncnc3c(F)c(-c4ccc(F)c5sc(N)c(C#N)c45)c(Cl)cc23)CCN1. The van der Waals surface area contributed by atoms with Crippen LogP contribution < -0.4 is 16.0 Å². The Labute approximate surface area is 191 Å². The van der Waals surface area contributed by atoms with Gasteiger partial charge in [0, 0.05) is 42.0 Å². The molecular weight excluding hydrogens is 454 g/mol. The van der Waals surface area contributed by atoms with Crippen LogP contribution in [0.3, 0.4) is 0 Å². The average molecular weight is 471 g/mol. The minimum absolute atomic E-state index is 0.0526. The van der Waals surface area contributed by atoms with Gasteiger partial charge >= 0.3 is 0 Å². The zero-order valence-corrected chi connectivity index (χ0v) is 18.5. The number of fused-ring (bicyclic) bond motifs is 2. The van der Waals surface area contributed by atoms with Gasteiger partial charge in [0.2, 0.25) is 0 Å². The molecular formula is C22H17ClF2N6S. The van der Waals surface area contributed by atoms with Gasteiger partial charge in [-0.15, -0.1) is 11.3 Å². The van der Waals surface area contributed by atoms with Gasteiger partial charge in [-0.05, 0) is 24.6 Å². The highest BCUT2D eigenvalue weighted by Gasteiger charge is 2.25. The first-order chi connectivity index (χ1) is 15.4. The molecule has 1 atom stereocenters. The molecule has 1 aliphatic rings. The topological polar surface area (TPSA) is 90.9 Å². The van der Waals surface area contributed by atoms with Crippen molar-refractivity contribution in [2.24, 2.45) is 0 Å². The second kappa shape index (κ2) is 7.81. The van der Waals surface area contributed by atoms with E-state index < -0.39 is 11.6 Å². The van der Waals surface area contributed by atoms with Gasteiger partial charge in [-0.2, -0.15) is 5.26 Å². The van der Waals surface area contributed by atoms with Gasteiger partial charge in [0.15, 0.2) is 5.82 Å². The molecule has 0 amide bonds. The maximum Gasteiger partial charge on any atom is 0.158 e. The van der Waals surface area contributed by atoms with Gasteiger partial charge in [-0.25, -0.2) is 18.7 Å². The fourth-order valence-corrected chi connectivity index (χ4v) is 5.49.